The molecular weight excluding hydrogens is 186 g/mol. The third-order valence-electron chi connectivity index (χ3n) is 1.75. The van der Waals surface area contributed by atoms with Crippen LogP contribution in [0.15, 0.2) is 6.07 Å². The van der Waals surface area contributed by atoms with Gasteiger partial charge in [0, 0.05) is 5.69 Å². The first kappa shape index (κ1) is 9.92. The molecule has 0 unspecified atom stereocenters. The highest BCUT2D eigenvalue weighted by Crippen LogP contribution is 2.11. The minimum absolute atomic E-state index is 0.390. The van der Waals surface area contributed by atoms with Crippen molar-refractivity contribution < 1.29 is 9.53 Å². The molecule has 1 rings (SSSR count). The molecule has 0 aliphatic carbocycles. The van der Waals surface area contributed by atoms with Gasteiger partial charge in [-0.1, -0.05) is 12.2 Å². The zero-order chi connectivity index (χ0) is 10.0. The lowest BCUT2D eigenvalue weighted by atomic mass is 10.1. The molecule has 1 heterocycles. The van der Waals surface area contributed by atoms with Crippen LogP contribution in [0.25, 0.3) is 0 Å². The molecule has 0 radical (unpaired) electrons. The van der Waals surface area contributed by atoms with Crippen molar-refractivity contribution in [3.8, 4) is 0 Å². The van der Waals surface area contributed by atoms with E-state index < -0.39 is 5.97 Å². The third kappa shape index (κ3) is 1.95. The number of aromatic nitrogens is 1. The van der Waals surface area contributed by atoms with E-state index in [1.54, 1.807) is 0 Å². The van der Waals surface area contributed by atoms with Crippen LogP contribution in [0.5, 0.6) is 0 Å². The van der Waals surface area contributed by atoms with Crippen LogP contribution < -0.4 is 0 Å². The quantitative estimate of drug-likeness (QED) is 0.554. The van der Waals surface area contributed by atoms with E-state index in [2.05, 4.69) is 9.72 Å². The van der Waals surface area contributed by atoms with Gasteiger partial charge in [-0.3, -0.25) is 0 Å². The number of pyridine rings is 1. The Kier molecular flexibility index (Phi) is 2.83. The van der Waals surface area contributed by atoms with E-state index in [0.717, 1.165) is 11.3 Å². The number of methoxy groups -OCH3 is 1. The number of carbonyl (C=O) groups excluding carboxylic acids is 1. The number of ether oxygens (including phenoxy) is 1. The molecule has 1 N–H and O–H groups in total. The number of aromatic amines is 1. The third-order valence-corrected chi connectivity index (χ3v) is 2.06. The standard InChI is InChI=1S/C9H11NO2S/c1-5-4-6(2)10-8(13)7(5)9(11)12-3/h4H,1-3H3,(H,10,13). The van der Waals surface area contributed by atoms with Gasteiger partial charge in [0.25, 0.3) is 0 Å². The van der Waals surface area contributed by atoms with Crippen molar-refractivity contribution in [3.05, 3.63) is 27.5 Å². The maximum Gasteiger partial charge on any atom is 0.341 e. The minimum atomic E-state index is -0.390. The van der Waals surface area contributed by atoms with Crippen molar-refractivity contribution in [3.63, 3.8) is 0 Å². The highest BCUT2D eigenvalue weighted by molar-refractivity contribution is 7.71. The van der Waals surface area contributed by atoms with E-state index in [9.17, 15) is 4.79 Å². The lowest BCUT2D eigenvalue weighted by Gasteiger charge is -2.04. The number of carbonyl (C=O) groups is 1. The predicted molar refractivity (Wildman–Crippen MR) is 52.4 cm³/mol. The van der Waals surface area contributed by atoms with Gasteiger partial charge in [-0.2, -0.15) is 0 Å². The molecule has 3 nitrogen and oxygen atoms in total. The van der Waals surface area contributed by atoms with Crippen molar-refractivity contribution >= 4 is 18.2 Å². The van der Waals surface area contributed by atoms with E-state index in [4.69, 9.17) is 12.2 Å². The van der Waals surface area contributed by atoms with Crippen LogP contribution in [0.2, 0.25) is 0 Å². The van der Waals surface area contributed by atoms with Gasteiger partial charge in [0.15, 0.2) is 0 Å². The van der Waals surface area contributed by atoms with Crippen LogP contribution in [0.4, 0.5) is 0 Å². The smallest absolute Gasteiger partial charge is 0.341 e. The summed E-state index contributed by atoms with van der Waals surface area (Å²) in [6.45, 7) is 3.73. The molecule has 0 aliphatic heterocycles. The summed E-state index contributed by atoms with van der Waals surface area (Å²) < 4.78 is 5.05. The first-order chi connectivity index (χ1) is 6.06. The summed E-state index contributed by atoms with van der Waals surface area (Å²) in [5.41, 5.74) is 2.23. The van der Waals surface area contributed by atoms with Crippen LogP contribution in [-0.2, 0) is 4.74 Å². The van der Waals surface area contributed by atoms with Crippen molar-refractivity contribution in [1.82, 2.24) is 4.98 Å². The summed E-state index contributed by atoms with van der Waals surface area (Å²) in [7, 11) is 1.34. The van der Waals surface area contributed by atoms with Crippen LogP contribution >= 0.6 is 12.2 Å². The van der Waals surface area contributed by atoms with Gasteiger partial charge >= 0.3 is 5.97 Å². The average molecular weight is 197 g/mol. The Labute approximate surface area is 81.7 Å². The number of rotatable bonds is 1. The number of hydrogen-bond donors (Lipinski definition) is 1. The fraction of sp³-hybridized carbons (Fsp3) is 0.333. The highest BCUT2D eigenvalue weighted by Gasteiger charge is 2.11. The Morgan fingerprint density at radius 3 is 2.62 bits per heavy atom. The number of esters is 1. The molecular formula is C9H11NO2S. The maximum absolute atomic E-state index is 11.3. The summed E-state index contributed by atoms with van der Waals surface area (Å²) in [6, 6.07) is 1.86. The van der Waals surface area contributed by atoms with Crippen molar-refractivity contribution in [1.29, 1.82) is 0 Å². The second-order valence-corrected chi connectivity index (χ2v) is 3.24. The predicted octanol–water partition coefficient (Wildman–Crippen LogP) is 2.15. The number of aryl methyl sites for hydroxylation is 2. The summed E-state index contributed by atoms with van der Waals surface area (Å²) in [6.07, 6.45) is 0. The van der Waals surface area contributed by atoms with Crippen LogP contribution in [0, 0.1) is 18.5 Å². The molecule has 13 heavy (non-hydrogen) atoms. The molecule has 0 bridgehead atoms. The molecule has 0 aliphatic rings. The molecule has 1 aromatic heterocycles. The van der Waals surface area contributed by atoms with E-state index in [0.29, 0.717) is 10.2 Å². The zero-order valence-corrected chi connectivity index (χ0v) is 8.62. The van der Waals surface area contributed by atoms with Gasteiger partial charge in [-0.25, -0.2) is 4.79 Å². The zero-order valence-electron chi connectivity index (χ0n) is 7.80. The maximum atomic E-state index is 11.3. The van der Waals surface area contributed by atoms with Gasteiger partial charge in [0.05, 0.1) is 12.7 Å². The SMILES string of the molecule is COC(=O)c1c(C)cc(C)[nH]c1=S. The van der Waals surface area contributed by atoms with Gasteiger partial charge in [0.2, 0.25) is 0 Å². The second kappa shape index (κ2) is 3.70. The van der Waals surface area contributed by atoms with Crippen LogP contribution in [0.1, 0.15) is 21.6 Å². The lowest BCUT2D eigenvalue weighted by molar-refractivity contribution is 0.0598. The number of nitrogens with one attached hydrogen (secondary N) is 1. The fourth-order valence-corrected chi connectivity index (χ4v) is 1.61. The highest BCUT2D eigenvalue weighted by atomic mass is 32.1. The van der Waals surface area contributed by atoms with Gasteiger partial charge in [0.1, 0.15) is 4.64 Å². The van der Waals surface area contributed by atoms with Gasteiger partial charge < -0.3 is 9.72 Å². The molecule has 70 valence electrons. The summed E-state index contributed by atoms with van der Waals surface area (Å²) >= 11 is 5.01. The number of hydrogen-bond acceptors (Lipinski definition) is 3. The van der Waals surface area contributed by atoms with Crippen molar-refractivity contribution in [2.75, 3.05) is 7.11 Å². The molecule has 0 saturated carbocycles. The molecule has 0 spiro atoms. The molecule has 0 amide bonds. The Morgan fingerprint density at radius 1 is 1.54 bits per heavy atom. The Hall–Kier alpha value is -1.16. The van der Waals surface area contributed by atoms with Crippen LogP contribution in [-0.4, -0.2) is 18.1 Å². The van der Waals surface area contributed by atoms with Crippen LogP contribution in [0.3, 0.4) is 0 Å². The molecule has 4 heteroatoms. The Bertz CT molecular complexity index is 395. The van der Waals surface area contributed by atoms with E-state index in [-0.39, 0.29) is 0 Å². The first-order valence-corrected chi connectivity index (χ1v) is 4.26. The van der Waals surface area contributed by atoms with Gasteiger partial charge in [-0.15, -0.1) is 0 Å². The van der Waals surface area contributed by atoms with E-state index >= 15 is 0 Å². The Morgan fingerprint density at radius 2 is 2.15 bits per heavy atom. The summed E-state index contributed by atoms with van der Waals surface area (Å²) in [4.78, 5) is 14.2. The molecule has 0 fully saturated rings. The average Bonchev–Trinajstić information content (AvgIpc) is 2.02. The second-order valence-electron chi connectivity index (χ2n) is 2.83. The van der Waals surface area contributed by atoms with E-state index in [1.165, 1.54) is 7.11 Å². The largest absolute Gasteiger partial charge is 0.465 e. The summed E-state index contributed by atoms with van der Waals surface area (Å²) in [5, 5.41) is 0. The molecule has 1 aromatic rings. The van der Waals surface area contributed by atoms with Crippen molar-refractivity contribution in [2.45, 2.75) is 13.8 Å². The molecule has 0 saturated heterocycles. The fourth-order valence-electron chi connectivity index (χ4n) is 1.21. The topological polar surface area (TPSA) is 42.1 Å². The first-order valence-electron chi connectivity index (χ1n) is 3.85. The number of H-pyrrole nitrogens is 1. The summed E-state index contributed by atoms with van der Waals surface area (Å²) in [5.74, 6) is -0.390. The van der Waals surface area contributed by atoms with Crippen molar-refractivity contribution in [2.24, 2.45) is 0 Å². The minimum Gasteiger partial charge on any atom is -0.465 e. The van der Waals surface area contributed by atoms with E-state index in [1.807, 2.05) is 19.9 Å². The monoisotopic (exact) mass is 197 g/mol. The normalized spacial score (nSPS) is 9.77. The molecule has 0 aromatic carbocycles. The van der Waals surface area contributed by atoms with Gasteiger partial charge in [-0.05, 0) is 25.5 Å². The lowest BCUT2D eigenvalue weighted by Crippen LogP contribution is -2.06. The Balaban J connectivity index is 3.38. The molecule has 0 atom stereocenters.